The summed E-state index contributed by atoms with van der Waals surface area (Å²) in [6.45, 7) is 0.908. The molecule has 3 aromatic rings. The van der Waals surface area contributed by atoms with Gasteiger partial charge in [-0.15, -0.1) is 0 Å². The van der Waals surface area contributed by atoms with Crippen LogP contribution in [0.15, 0.2) is 64.6 Å². The summed E-state index contributed by atoms with van der Waals surface area (Å²) in [5.41, 5.74) is 1.01. The number of phenols is 4. The van der Waals surface area contributed by atoms with Gasteiger partial charge in [-0.25, -0.2) is 4.98 Å². The summed E-state index contributed by atoms with van der Waals surface area (Å²) >= 11 is 0. The molecule has 1 heterocycles. The molecular formula is C25H25N5O6. The monoisotopic (exact) mass is 491 g/mol. The molecule has 11 nitrogen and oxygen atoms in total. The first-order valence-electron chi connectivity index (χ1n) is 10.9. The number of aromatic hydroxyl groups is 4. The fraction of sp³-hybridized carbons (Fsp3) is 0.160. The van der Waals surface area contributed by atoms with E-state index in [0.29, 0.717) is 11.1 Å². The summed E-state index contributed by atoms with van der Waals surface area (Å²) in [7, 11) is 0. The third-order valence-corrected chi connectivity index (χ3v) is 4.76. The summed E-state index contributed by atoms with van der Waals surface area (Å²) in [5.74, 6) is -1.26. The van der Waals surface area contributed by atoms with Crippen LogP contribution in [0.25, 0.3) is 0 Å². The maximum absolute atomic E-state index is 12.3. The van der Waals surface area contributed by atoms with E-state index < -0.39 is 11.8 Å². The van der Waals surface area contributed by atoms with E-state index in [1.807, 2.05) is 0 Å². The topological polar surface area (TPSA) is 177 Å². The normalized spacial score (nSPS) is 11.1. The number of amides is 2. The number of benzene rings is 2. The van der Waals surface area contributed by atoms with E-state index in [2.05, 4.69) is 25.6 Å². The molecule has 2 amide bonds. The van der Waals surface area contributed by atoms with Crippen molar-refractivity contribution in [2.24, 2.45) is 9.98 Å². The highest BCUT2D eigenvalue weighted by atomic mass is 16.3. The summed E-state index contributed by atoms with van der Waals surface area (Å²) in [6, 6.07) is 12.8. The van der Waals surface area contributed by atoms with Gasteiger partial charge < -0.3 is 31.1 Å². The first kappa shape index (κ1) is 25.7. The molecule has 6 N–H and O–H groups in total. The van der Waals surface area contributed by atoms with Crippen molar-refractivity contribution in [3.8, 4) is 23.0 Å². The number of carbonyl (C=O) groups is 2. The minimum absolute atomic E-state index is 0.0550. The van der Waals surface area contributed by atoms with Crippen LogP contribution in [0.2, 0.25) is 0 Å². The second-order valence-corrected chi connectivity index (χ2v) is 7.48. The first-order valence-corrected chi connectivity index (χ1v) is 10.9. The zero-order valence-electron chi connectivity index (χ0n) is 19.1. The summed E-state index contributed by atoms with van der Waals surface area (Å²) < 4.78 is 0. The molecule has 0 bridgehead atoms. The first-order chi connectivity index (χ1) is 17.3. The van der Waals surface area contributed by atoms with Gasteiger partial charge in [0.15, 0.2) is 0 Å². The fourth-order valence-corrected chi connectivity index (χ4v) is 2.94. The van der Waals surface area contributed by atoms with Gasteiger partial charge in [-0.05, 0) is 36.4 Å². The van der Waals surface area contributed by atoms with E-state index in [1.165, 1.54) is 61.0 Å². The Balaban J connectivity index is 1.43. The van der Waals surface area contributed by atoms with E-state index in [1.54, 1.807) is 6.07 Å². The molecule has 0 aliphatic carbocycles. The lowest BCUT2D eigenvalue weighted by molar-refractivity contribution is 0.0945. The largest absolute Gasteiger partial charge is 0.508 e. The lowest BCUT2D eigenvalue weighted by Crippen LogP contribution is -2.29. The molecule has 11 heteroatoms. The van der Waals surface area contributed by atoms with Gasteiger partial charge in [-0.1, -0.05) is 6.07 Å². The van der Waals surface area contributed by atoms with Crippen molar-refractivity contribution in [1.82, 2.24) is 15.6 Å². The van der Waals surface area contributed by atoms with Gasteiger partial charge in [-0.2, -0.15) is 0 Å². The van der Waals surface area contributed by atoms with Crippen LogP contribution in [0.5, 0.6) is 23.0 Å². The molecule has 0 spiro atoms. The van der Waals surface area contributed by atoms with Gasteiger partial charge in [0.05, 0.1) is 13.1 Å². The van der Waals surface area contributed by atoms with E-state index in [9.17, 15) is 30.0 Å². The van der Waals surface area contributed by atoms with Gasteiger partial charge in [0.1, 0.15) is 34.4 Å². The molecule has 0 saturated heterocycles. The Morgan fingerprint density at radius 3 is 1.58 bits per heavy atom. The standard InChI is InChI=1S/C25H25N5O6/c31-18-6-4-16(22(33)12-18)14-26-8-10-28-24(35)20-2-1-3-21(30-20)25(36)29-11-9-27-15-17-5-7-19(32)13-23(17)34/h1-7,12-15,31-34H,8-11H2,(H,28,35)(H,29,36). The Bertz CT molecular complexity index is 1200. The number of aliphatic imine (C=N–C) groups is 2. The number of hydrogen-bond acceptors (Lipinski definition) is 9. The Morgan fingerprint density at radius 2 is 1.17 bits per heavy atom. The van der Waals surface area contributed by atoms with E-state index in [0.717, 1.165) is 0 Å². The highest BCUT2D eigenvalue weighted by Crippen LogP contribution is 2.21. The van der Waals surface area contributed by atoms with Crippen LogP contribution >= 0.6 is 0 Å². The Hall–Kier alpha value is -4.93. The Morgan fingerprint density at radius 1 is 0.722 bits per heavy atom. The maximum atomic E-state index is 12.3. The lowest BCUT2D eigenvalue weighted by atomic mass is 10.2. The number of carbonyl (C=O) groups excluding carboxylic acids is 2. The van der Waals surface area contributed by atoms with Crippen LogP contribution in [-0.2, 0) is 0 Å². The minimum atomic E-state index is -0.467. The second kappa shape index (κ2) is 12.5. The smallest absolute Gasteiger partial charge is 0.269 e. The van der Waals surface area contributed by atoms with Crippen molar-refractivity contribution in [1.29, 1.82) is 0 Å². The van der Waals surface area contributed by atoms with Crippen molar-refractivity contribution in [3.63, 3.8) is 0 Å². The predicted molar refractivity (Wildman–Crippen MR) is 133 cm³/mol. The number of phenolic OH excluding ortho intramolecular Hbond substituents is 4. The van der Waals surface area contributed by atoms with Crippen molar-refractivity contribution in [2.45, 2.75) is 0 Å². The van der Waals surface area contributed by atoms with Gasteiger partial charge in [0.2, 0.25) is 0 Å². The predicted octanol–water partition coefficient (Wildman–Crippen LogP) is 1.60. The molecule has 1 aromatic heterocycles. The number of aromatic nitrogens is 1. The van der Waals surface area contributed by atoms with Crippen LogP contribution in [0.3, 0.4) is 0 Å². The molecule has 0 saturated carbocycles. The Labute approximate surface area is 206 Å². The number of pyridine rings is 1. The Kier molecular flexibility index (Phi) is 8.93. The molecule has 0 fully saturated rings. The summed E-state index contributed by atoms with van der Waals surface area (Å²) in [4.78, 5) is 37.0. The van der Waals surface area contributed by atoms with Gasteiger partial charge in [-0.3, -0.25) is 19.6 Å². The maximum Gasteiger partial charge on any atom is 0.269 e. The minimum Gasteiger partial charge on any atom is -0.508 e. The second-order valence-electron chi connectivity index (χ2n) is 7.48. The van der Waals surface area contributed by atoms with Gasteiger partial charge in [0, 0.05) is 48.8 Å². The van der Waals surface area contributed by atoms with Crippen LogP contribution in [-0.4, -0.2) is 75.8 Å². The SMILES string of the molecule is O=C(NCCN=Cc1ccc(O)cc1O)c1cccc(C(=O)NCCN=Cc2ccc(O)cc2O)n1. The number of hydrogen-bond donors (Lipinski definition) is 6. The molecule has 0 aliphatic rings. The highest BCUT2D eigenvalue weighted by Gasteiger charge is 2.11. The number of nitrogens with one attached hydrogen (secondary N) is 2. The molecule has 0 atom stereocenters. The number of rotatable bonds is 10. The van der Waals surface area contributed by atoms with E-state index in [4.69, 9.17) is 0 Å². The molecule has 0 aliphatic heterocycles. The van der Waals surface area contributed by atoms with Crippen LogP contribution in [0.1, 0.15) is 32.1 Å². The molecular weight excluding hydrogens is 466 g/mol. The molecule has 2 aromatic carbocycles. The summed E-state index contributed by atoms with van der Waals surface area (Å²) in [6.07, 6.45) is 2.86. The third-order valence-electron chi connectivity index (χ3n) is 4.76. The number of nitrogens with zero attached hydrogens (tertiary/aromatic N) is 3. The van der Waals surface area contributed by atoms with Gasteiger partial charge in [0.25, 0.3) is 11.8 Å². The summed E-state index contributed by atoms with van der Waals surface area (Å²) in [5, 5.41) is 43.3. The van der Waals surface area contributed by atoms with E-state index in [-0.39, 0.29) is 60.6 Å². The molecule has 0 radical (unpaired) electrons. The quantitative estimate of drug-likeness (QED) is 0.184. The van der Waals surface area contributed by atoms with Crippen LogP contribution < -0.4 is 10.6 Å². The average Bonchev–Trinajstić information content (AvgIpc) is 2.85. The van der Waals surface area contributed by atoms with Gasteiger partial charge >= 0.3 is 0 Å². The zero-order valence-corrected chi connectivity index (χ0v) is 19.1. The molecule has 186 valence electrons. The zero-order chi connectivity index (χ0) is 25.9. The molecule has 36 heavy (non-hydrogen) atoms. The van der Waals surface area contributed by atoms with Crippen LogP contribution in [0, 0.1) is 0 Å². The molecule has 3 rings (SSSR count). The third kappa shape index (κ3) is 7.55. The van der Waals surface area contributed by atoms with Crippen molar-refractivity contribution < 1.29 is 30.0 Å². The average molecular weight is 492 g/mol. The highest BCUT2D eigenvalue weighted by molar-refractivity contribution is 5.96. The van der Waals surface area contributed by atoms with Crippen molar-refractivity contribution >= 4 is 24.2 Å². The van der Waals surface area contributed by atoms with Crippen molar-refractivity contribution in [3.05, 3.63) is 77.1 Å². The van der Waals surface area contributed by atoms with Crippen LogP contribution in [0.4, 0.5) is 0 Å². The van der Waals surface area contributed by atoms with E-state index >= 15 is 0 Å². The molecule has 0 unspecified atom stereocenters. The fourth-order valence-electron chi connectivity index (χ4n) is 2.94. The lowest BCUT2D eigenvalue weighted by Gasteiger charge is -2.06. The van der Waals surface area contributed by atoms with Crippen molar-refractivity contribution in [2.75, 3.05) is 26.2 Å².